The Morgan fingerprint density at radius 2 is 1.46 bits per heavy atom. The number of carbonyl (C=O) groups is 5. The van der Waals surface area contributed by atoms with Crippen molar-refractivity contribution in [2.75, 3.05) is 26.2 Å². The van der Waals surface area contributed by atoms with Crippen molar-refractivity contribution in [2.24, 2.45) is 0 Å². The summed E-state index contributed by atoms with van der Waals surface area (Å²) in [6, 6.07) is 12.4. The summed E-state index contributed by atoms with van der Waals surface area (Å²) in [4.78, 5) is 68.6. The fourth-order valence-corrected chi connectivity index (χ4v) is 6.34. The van der Waals surface area contributed by atoms with E-state index in [-0.39, 0.29) is 63.3 Å². The van der Waals surface area contributed by atoms with Crippen molar-refractivity contribution in [1.29, 1.82) is 0 Å². The van der Waals surface area contributed by atoms with Gasteiger partial charge >= 0.3 is 44.3 Å². The molecule has 56 heavy (non-hydrogen) atoms. The molecule has 3 fully saturated rings. The van der Waals surface area contributed by atoms with Crippen molar-refractivity contribution in [1.82, 2.24) is 25.2 Å². The molecule has 5 aliphatic rings. The Kier molecular flexibility index (Phi) is 18.3. The summed E-state index contributed by atoms with van der Waals surface area (Å²) in [7, 11) is 0. The average Bonchev–Trinajstić information content (AvgIpc) is 4.01. The molecule has 2 spiro atoms. The van der Waals surface area contributed by atoms with E-state index in [2.05, 4.69) is 34.1 Å². The molecule has 0 aromatic carbocycles. The monoisotopic (exact) mass is 768 g/mol. The Hall–Kier alpha value is -4.64. The van der Waals surface area contributed by atoms with Crippen LogP contribution in [-0.4, -0.2) is 86.5 Å². The van der Waals surface area contributed by atoms with Crippen LogP contribution in [0.1, 0.15) is 131 Å². The van der Waals surface area contributed by atoms with Gasteiger partial charge in [0, 0.05) is 55.6 Å². The number of unbranched alkanes of at least 4 members (excludes halogenated alkanes) is 1. The summed E-state index contributed by atoms with van der Waals surface area (Å²) in [5, 5.41) is 11.5. The number of hydrogen-bond acceptors (Lipinski definition) is 12. The molecule has 1 aliphatic carbocycles. The van der Waals surface area contributed by atoms with Crippen molar-refractivity contribution in [3.05, 3.63) is 96.2 Å². The number of esters is 2. The summed E-state index contributed by atoms with van der Waals surface area (Å²) in [6.07, 6.45) is 12.1. The Balaban J connectivity index is 0.000000366. The van der Waals surface area contributed by atoms with Gasteiger partial charge < -0.3 is 36.5 Å². The zero-order chi connectivity index (χ0) is 39.4. The molecule has 14 nitrogen and oxygen atoms in total. The van der Waals surface area contributed by atoms with E-state index in [0.29, 0.717) is 30.9 Å². The van der Waals surface area contributed by atoms with Gasteiger partial charge in [0.2, 0.25) is 0 Å². The molecule has 3 aromatic rings. The number of likely N-dealkylation sites (tertiary alicyclic amines) is 1. The summed E-state index contributed by atoms with van der Waals surface area (Å²) >= 11 is 0. The van der Waals surface area contributed by atoms with Gasteiger partial charge in [-0.25, -0.2) is 34.1 Å². The largest absolute Gasteiger partial charge is 1.00 e. The van der Waals surface area contributed by atoms with Crippen LogP contribution in [0.15, 0.2) is 61.1 Å². The number of amides is 1. The number of carbonyl (C=O) groups excluding carboxylic acids is 4. The molecule has 1 saturated carbocycles. The van der Waals surface area contributed by atoms with E-state index >= 15 is 0 Å². The van der Waals surface area contributed by atoms with Gasteiger partial charge in [0.15, 0.2) is 22.8 Å². The first-order chi connectivity index (χ1) is 25.7. The maximum absolute atomic E-state index is 11.5. The number of carboxylic acid groups (broad SMARTS) is 1. The van der Waals surface area contributed by atoms with Crippen LogP contribution in [0, 0.1) is 6.92 Å². The molecular formula is C41H55LiN5O9+. The van der Waals surface area contributed by atoms with Crippen molar-refractivity contribution in [3.8, 4) is 0 Å². The number of fused-ring (bicyclic) bond motifs is 4. The number of ketones is 1. The van der Waals surface area contributed by atoms with Gasteiger partial charge in [0.25, 0.3) is 0 Å². The number of ether oxygens (including phenoxy) is 3. The predicted octanol–water partition coefficient (Wildman–Crippen LogP) is 3.81. The first kappa shape index (κ1) is 47.5. The van der Waals surface area contributed by atoms with Gasteiger partial charge in [-0.1, -0.05) is 39.0 Å². The van der Waals surface area contributed by atoms with E-state index in [9.17, 15) is 24.0 Å². The second-order valence-electron chi connectivity index (χ2n) is 14.3. The van der Waals surface area contributed by atoms with Crippen LogP contribution in [0.5, 0.6) is 0 Å². The summed E-state index contributed by atoms with van der Waals surface area (Å²) in [5.74, 6) is -1.42. The molecule has 1 unspecified atom stereocenters. The molecule has 3 aromatic heterocycles. The summed E-state index contributed by atoms with van der Waals surface area (Å²) in [6.45, 7) is 13.4. The number of carboxylic acids is 1. The first-order valence-corrected chi connectivity index (χ1v) is 18.3. The molecule has 1 amide bonds. The van der Waals surface area contributed by atoms with Gasteiger partial charge in [-0.3, -0.25) is 4.79 Å². The van der Waals surface area contributed by atoms with Crippen LogP contribution in [0.3, 0.4) is 0 Å². The van der Waals surface area contributed by atoms with Crippen molar-refractivity contribution in [3.63, 3.8) is 0 Å². The third kappa shape index (κ3) is 12.4. The topological polar surface area (TPSA) is 187 Å². The van der Waals surface area contributed by atoms with E-state index in [1.54, 1.807) is 24.5 Å². The third-order valence-corrected chi connectivity index (χ3v) is 9.00. The van der Waals surface area contributed by atoms with Crippen molar-refractivity contribution in [2.45, 2.75) is 103 Å². The van der Waals surface area contributed by atoms with Crippen LogP contribution in [0.4, 0.5) is 4.79 Å². The Bertz CT molecular complexity index is 1700. The maximum Gasteiger partial charge on any atom is 1.00 e. The van der Waals surface area contributed by atoms with Crippen LogP contribution < -0.4 is 24.2 Å². The van der Waals surface area contributed by atoms with Gasteiger partial charge in [0.1, 0.15) is 16.9 Å². The van der Waals surface area contributed by atoms with E-state index < -0.39 is 23.3 Å². The standard InChI is InChI=1S/C11H11NO2.C10H10N2O2.C9H15NO3.C6H5NO2.C4H9.CH4.Li/c13-10-9-8(4-3-7-12-9)11(14-10)5-1-2-6-11;13-9-8-7(2-1-4-12-8)10(14-9)3-5-11-6-10;1-9(2,3)13-8(12)10-5-4-7(11)6-10;8-6(9)5-3-1-2-4-7-5;1-3-4-2;;/h3-4,7H,1-2,5-6H2;1-2,4,11H,3,5-6H2;4-6H2,1-3H3;1-4H,(H,8,9);1,3-4H2,2H3;1H4;/q;;;;-1;;+1/p+1. The molecule has 0 bridgehead atoms. The van der Waals surface area contributed by atoms with E-state index in [1.807, 2.05) is 45.0 Å². The molecule has 298 valence electrons. The first-order valence-electron chi connectivity index (χ1n) is 18.3. The number of aromatic nitrogens is 3. The number of rotatable bonds is 2. The zero-order valence-electron chi connectivity index (χ0n) is 33.5. The number of nitrogens with one attached hydrogen (secondary N) is 1. The SMILES string of the molecule is C.CC(C)(C)OC(=O)N1CCC(=O)C1.O=C(O)c1ccccn1.O=C1OC2(CCCC2)c2cccnc21.O=C1OC2(CCNC2)c2cccnc21.[CH2-]CCC.[H+].[Li+]. The molecule has 4 aliphatic heterocycles. The molecule has 8 rings (SSSR count). The van der Waals surface area contributed by atoms with Gasteiger partial charge in [-0.05, 0) is 77.3 Å². The minimum atomic E-state index is -0.990. The molecule has 1 atom stereocenters. The van der Waals surface area contributed by atoms with Crippen LogP contribution in [-0.2, 0) is 30.2 Å². The Labute approximate surface area is 343 Å². The fourth-order valence-electron chi connectivity index (χ4n) is 6.34. The molecule has 15 heteroatoms. The van der Waals surface area contributed by atoms with Gasteiger partial charge in [-0.2, -0.15) is 6.42 Å². The minimum absolute atomic E-state index is 0. The molecule has 2 N–H and O–H groups in total. The quantitative estimate of drug-likeness (QED) is 0.166. The maximum atomic E-state index is 11.5. The van der Waals surface area contributed by atoms with E-state index in [0.717, 1.165) is 56.2 Å². The van der Waals surface area contributed by atoms with Gasteiger partial charge in [-0.15, -0.1) is 0 Å². The number of hydrogen-bond donors (Lipinski definition) is 2. The van der Waals surface area contributed by atoms with E-state index in [4.69, 9.17) is 19.3 Å². The fraction of sp³-hybridized carbons (Fsp3) is 0.488. The Morgan fingerprint density at radius 1 is 0.911 bits per heavy atom. The normalized spacial score (nSPS) is 19.0. The second-order valence-corrected chi connectivity index (χ2v) is 14.3. The van der Waals surface area contributed by atoms with Crippen molar-refractivity contribution >= 4 is 29.8 Å². The zero-order valence-corrected chi connectivity index (χ0v) is 32.5. The van der Waals surface area contributed by atoms with Crippen LogP contribution >= 0.6 is 0 Å². The second kappa shape index (κ2) is 21.6. The molecule has 2 saturated heterocycles. The summed E-state index contributed by atoms with van der Waals surface area (Å²) < 4.78 is 16.0. The number of Topliss-reactive ketones (excluding diaryl/α,β-unsaturated/α-hetero) is 1. The molecular weight excluding hydrogens is 713 g/mol. The number of pyridine rings is 3. The van der Waals surface area contributed by atoms with Gasteiger partial charge in [0.05, 0.1) is 6.54 Å². The average molecular weight is 769 g/mol. The summed E-state index contributed by atoms with van der Waals surface area (Å²) in [5.41, 5.74) is 1.80. The molecule has 0 radical (unpaired) electrons. The molecule has 7 heterocycles. The van der Waals surface area contributed by atoms with Crippen LogP contribution in [0.25, 0.3) is 0 Å². The number of nitrogens with zero attached hydrogens (tertiary/aromatic N) is 4. The smallest absolute Gasteiger partial charge is 0.477 e. The predicted molar refractivity (Wildman–Crippen MR) is 205 cm³/mol. The number of aromatic carboxylic acids is 1. The third-order valence-electron chi connectivity index (χ3n) is 9.00. The van der Waals surface area contributed by atoms with Crippen molar-refractivity contribution < 1.29 is 63.6 Å². The minimum Gasteiger partial charge on any atom is -0.477 e. The Morgan fingerprint density at radius 3 is 1.89 bits per heavy atom. The van der Waals surface area contributed by atoms with E-state index in [1.165, 1.54) is 23.6 Å². The van der Waals surface area contributed by atoms with Crippen LogP contribution in [0.2, 0.25) is 0 Å².